The Kier molecular flexibility index (Phi) is 2.05. The maximum absolute atomic E-state index is 12.3. The molecule has 1 heterocycles. The lowest BCUT2D eigenvalue weighted by atomic mass is 9.97. The topological polar surface area (TPSA) is 30.2 Å². The number of fused-ring (bicyclic) bond motifs is 2. The molecule has 2 aromatic rings. The zero-order valence-corrected chi connectivity index (χ0v) is 9.62. The molecule has 0 radical (unpaired) electrons. The minimum absolute atomic E-state index is 0.0652. The lowest BCUT2D eigenvalue weighted by Crippen LogP contribution is -2.13. The molecule has 0 saturated heterocycles. The van der Waals surface area contributed by atoms with Crippen LogP contribution in [-0.4, -0.2) is 0 Å². The van der Waals surface area contributed by atoms with Crippen molar-refractivity contribution in [3.8, 4) is 0 Å². The van der Waals surface area contributed by atoms with Crippen molar-refractivity contribution in [1.29, 1.82) is 0 Å². The van der Waals surface area contributed by atoms with E-state index >= 15 is 0 Å². The Balaban J connectivity index is 2.50. The van der Waals surface area contributed by atoms with Crippen molar-refractivity contribution in [2.24, 2.45) is 0 Å². The fourth-order valence-electron chi connectivity index (χ4n) is 2.24. The summed E-state index contributed by atoms with van der Waals surface area (Å²) in [7, 11) is 0. The lowest BCUT2D eigenvalue weighted by molar-refractivity contribution is 0.576. The Morgan fingerprint density at radius 1 is 1.35 bits per heavy atom. The summed E-state index contributed by atoms with van der Waals surface area (Å²) >= 11 is 0. The molecule has 1 aliphatic carbocycles. The molecule has 0 N–H and O–H groups in total. The second-order valence-electron chi connectivity index (χ2n) is 4.32. The molecule has 0 aliphatic heterocycles. The van der Waals surface area contributed by atoms with Crippen LogP contribution in [0.2, 0.25) is 0 Å². The van der Waals surface area contributed by atoms with Crippen LogP contribution in [0.1, 0.15) is 16.9 Å². The lowest BCUT2D eigenvalue weighted by Gasteiger charge is -2.13. The molecular formula is C15H12O2. The smallest absolute Gasteiger partial charge is 0.196 e. The van der Waals surface area contributed by atoms with E-state index in [4.69, 9.17) is 4.42 Å². The first-order chi connectivity index (χ1) is 8.18. The Labute approximate surface area is 98.9 Å². The largest absolute Gasteiger partial charge is 0.455 e. The minimum Gasteiger partial charge on any atom is -0.455 e. The highest BCUT2D eigenvalue weighted by Gasteiger charge is 2.17. The standard InChI is InChI=1S/C15H12O2/c1-9-5-3-7-11-13(16)12-8-4-6-10(2)15(12)17-14(9)11/h3-6,8H,1,7H2,2H3. The maximum atomic E-state index is 12.3. The summed E-state index contributed by atoms with van der Waals surface area (Å²) in [5.74, 6) is 0.638. The van der Waals surface area contributed by atoms with Gasteiger partial charge in [-0.3, -0.25) is 4.79 Å². The van der Waals surface area contributed by atoms with E-state index < -0.39 is 0 Å². The van der Waals surface area contributed by atoms with Crippen LogP contribution in [0.4, 0.5) is 0 Å². The van der Waals surface area contributed by atoms with Gasteiger partial charge in [-0.1, -0.05) is 30.9 Å². The Morgan fingerprint density at radius 2 is 2.18 bits per heavy atom. The van der Waals surface area contributed by atoms with E-state index in [9.17, 15) is 4.79 Å². The average molecular weight is 224 g/mol. The van der Waals surface area contributed by atoms with Gasteiger partial charge in [0.1, 0.15) is 11.3 Å². The molecule has 1 aromatic heterocycles. The van der Waals surface area contributed by atoms with Gasteiger partial charge in [-0.25, -0.2) is 0 Å². The van der Waals surface area contributed by atoms with Crippen molar-refractivity contribution in [1.82, 2.24) is 0 Å². The first kappa shape index (κ1) is 10.1. The van der Waals surface area contributed by atoms with E-state index in [1.54, 1.807) is 0 Å². The van der Waals surface area contributed by atoms with E-state index in [0.29, 0.717) is 23.2 Å². The second kappa shape index (κ2) is 3.45. The van der Waals surface area contributed by atoms with Crippen molar-refractivity contribution in [2.45, 2.75) is 13.3 Å². The summed E-state index contributed by atoms with van der Waals surface area (Å²) in [4.78, 5) is 12.3. The zero-order valence-electron chi connectivity index (χ0n) is 9.62. The third kappa shape index (κ3) is 1.37. The molecule has 0 amide bonds. The van der Waals surface area contributed by atoms with Crippen molar-refractivity contribution in [3.63, 3.8) is 0 Å². The van der Waals surface area contributed by atoms with Crippen LogP contribution >= 0.6 is 0 Å². The molecule has 0 bridgehead atoms. The van der Waals surface area contributed by atoms with Gasteiger partial charge in [0.15, 0.2) is 5.43 Å². The summed E-state index contributed by atoms with van der Waals surface area (Å²) in [6, 6.07) is 5.64. The zero-order chi connectivity index (χ0) is 12.0. The first-order valence-electron chi connectivity index (χ1n) is 5.59. The van der Waals surface area contributed by atoms with Gasteiger partial charge in [-0.2, -0.15) is 0 Å². The number of aryl methyl sites for hydroxylation is 1. The normalized spacial score (nSPS) is 14.1. The van der Waals surface area contributed by atoms with Gasteiger partial charge >= 0.3 is 0 Å². The molecule has 0 saturated carbocycles. The van der Waals surface area contributed by atoms with Crippen molar-refractivity contribution >= 4 is 16.5 Å². The number of rotatable bonds is 0. The summed E-state index contributed by atoms with van der Waals surface area (Å²) in [5.41, 5.74) is 3.21. The van der Waals surface area contributed by atoms with Gasteiger partial charge in [-0.15, -0.1) is 0 Å². The Hall–Kier alpha value is -2.09. The van der Waals surface area contributed by atoms with E-state index in [-0.39, 0.29) is 5.43 Å². The first-order valence-corrected chi connectivity index (χ1v) is 5.59. The van der Waals surface area contributed by atoms with Crippen LogP contribution in [0.25, 0.3) is 16.5 Å². The van der Waals surface area contributed by atoms with Gasteiger partial charge in [0.2, 0.25) is 0 Å². The summed E-state index contributed by atoms with van der Waals surface area (Å²) in [6.07, 6.45) is 4.47. The number of hydrogen-bond acceptors (Lipinski definition) is 2. The van der Waals surface area contributed by atoms with Gasteiger partial charge in [-0.05, 0) is 25.0 Å². The Bertz CT molecular complexity index is 718. The predicted molar refractivity (Wildman–Crippen MR) is 69.1 cm³/mol. The van der Waals surface area contributed by atoms with E-state index in [1.165, 1.54) is 0 Å². The molecule has 2 nitrogen and oxygen atoms in total. The fraction of sp³-hybridized carbons (Fsp3) is 0.133. The highest BCUT2D eigenvalue weighted by atomic mass is 16.3. The molecule has 3 rings (SSSR count). The second-order valence-corrected chi connectivity index (χ2v) is 4.32. The van der Waals surface area contributed by atoms with E-state index in [0.717, 1.165) is 16.7 Å². The van der Waals surface area contributed by atoms with Crippen molar-refractivity contribution < 1.29 is 4.42 Å². The molecular weight excluding hydrogens is 212 g/mol. The van der Waals surface area contributed by atoms with Crippen LogP contribution in [0.3, 0.4) is 0 Å². The molecule has 0 unspecified atom stereocenters. The van der Waals surface area contributed by atoms with Crippen molar-refractivity contribution in [2.75, 3.05) is 0 Å². The van der Waals surface area contributed by atoms with Gasteiger partial charge in [0, 0.05) is 11.1 Å². The average Bonchev–Trinajstić information content (AvgIpc) is 2.32. The van der Waals surface area contributed by atoms with Crippen LogP contribution < -0.4 is 5.43 Å². The molecule has 17 heavy (non-hydrogen) atoms. The Morgan fingerprint density at radius 3 is 3.00 bits per heavy atom. The van der Waals surface area contributed by atoms with Crippen LogP contribution in [0.5, 0.6) is 0 Å². The summed E-state index contributed by atoms with van der Waals surface area (Å²) in [6.45, 7) is 5.86. The quantitative estimate of drug-likeness (QED) is 0.687. The number of allylic oxidation sites excluding steroid dienone is 3. The van der Waals surface area contributed by atoms with Gasteiger partial charge in [0.25, 0.3) is 0 Å². The van der Waals surface area contributed by atoms with Crippen LogP contribution in [0, 0.1) is 6.92 Å². The number of para-hydroxylation sites is 1. The SMILES string of the molecule is C=C1C=CCc2c1oc1c(C)cccc1c2=O. The number of hydrogen-bond donors (Lipinski definition) is 0. The molecule has 1 aromatic carbocycles. The third-order valence-corrected chi connectivity index (χ3v) is 3.14. The molecule has 0 atom stereocenters. The molecule has 2 heteroatoms. The minimum atomic E-state index is 0.0652. The highest BCUT2D eigenvalue weighted by Crippen LogP contribution is 2.27. The third-order valence-electron chi connectivity index (χ3n) is 3.14. The van der Waals surface area contributed by atoms with E-state index in [1.807, 2.05) is 37.3 Å². The monoisotopic (exact) mass is 224 g/mol. The summed E-state index contributed by atoms with van der Waals surface area (Å²) < 4.78 is 5.86. The highest BCUT2D eigenvalue weighted by molar-refractivity contribution is 5.84. The van der Waals surface area contributed by atoms with Crippen LogP contribution in [0.15, 0.2) is 46.1 Å². The van der Waals surface area contributed by atoms with E-state index in [2.05, 4.69) is 6.58 Å². The van der Waals surface area contributed by atoms with Crippen LogP contribution in [-0.2, 0) is 6.42 Å². The predicted octanol–water partition coefficient (Wildman–Crippen LogP) is 3.23. The summed E-state index contributed by atoms with van der Waals surface area (Å²) in [5, 5.41) is 0.659. The fourth-order valence-corrected chi connectivity index (χ4v) is 2.24. The molecule has 0 fully saturated rings. The molecule has 1 aliphatic rings. The maximum Gasteiger partial charge on any atom is 0.196 e. The van der Waals surface area contributed by atoms with Gasteiger partial charge in [0.05, 0.1) is 5.39 Å². The molecule has 0 spiro atoms. The van der Waals surface area contributed by atoms with Crippen molar-refractivity contribution in [3.05, 3.63) is 64.0 Å². The number of benzene rings is 1. The molecule has 84 valence electrons. The van der Waals surface area contributed by atoms with Gasteiger partial charge < -0.3 is 4.42 Å².